The molecule has 2 aromatic rings. The minimum atomic E-state index is -4.44. The van der Waals surface area contributed by atoms with Gasteiger partial charge in [-0.15, -0.1) is 12.4 Å². The highest BCUT2D eigenvalue weighted by Gasteiger charge is 2.30. The molecule has 28 heavy (non-hydrogen) atoms. The maximum absolute atomic E-state index is 12.5. The first-order valence-corrected chi connectivity index (χ1v) is 8.26. The zero-order chi connectivity index (χ0) is 20.0. The molecule has 0 radical (unpaired) electrons. The smallest absolute Gasteiger partial charge is 0.348 e. The summed E-state index contributed by atoms with van der Waals surface area (Å²) in [5.41, 5.74) is 6.16. The summed E-state index contributed by atoms with van der Waals surface area (Å²) in [4.78, 5) is 23.8. The van der Waals surface area contributed by atoms with Gasteiger partial charge in [0.15, 0.2) is 0 Å². The summed E-state index contributed by atoms with van der Waals surface area (Å²) in [6, 6.07) is 10.9. The van der Waals surface area contributed by atoms with Crippen LogP contribution in [0, 0.1) is 5.92 Å². The molecule has 0 spiro atoms. The number of hydrogen-bond acceptors (Lipinski definition) is 3. The molecule has 0 saturated carbocycles. The Labute approximate surface area is 166 Å². The molecular weight excluding hydrogens is 395 g/mol. The van der Waals surface area contributed by atoms with Crippen LogP contribution >= 0.6 is 12.4 Å². The van der Waals surface area contributed by atoms with Crippen LogP contribution in [0.3, 0.4) is 0 Å². The molecule has 0 aliphatic heterocycles. The molecule has 2 aromatic carbocycles. The van der Waals surface area contributed by atoms with Crippen molar-refractivity contribution < 1.29 is 22.8 Å². The molecule has 0 aliphatic carbocycles. The molecule has 152 valence electrons. The fourth-order valence-electron chi connectivity index (χ4n) is 2.17. The van der Waals surface area contributed by atoms with E-state index in [0.717, 1.165) is 29.8 Å². The molecule has 0 bridgehead atoms. The van der Waals surface area contributed by atoms with Crippen molar-refractivity contribution in [1.29, 1.82) is 0 Å². The van der Waals surface area contributed by atoms with E-state index in [0.29, 0.717) is 5.69 Å². The monoisotopic (exact) mass is 415 g/mol. The highest BCUT2D eigenvalue weighted by molar-refractivity contribution is 5.94. The van der Waals surface area contributed by atoms with Gasteiger partial charge < -0.3 is 16.4 Å². The third kappa shape index (κ3) is 6.54. The topological polar surface area (TPSA) is 84.2 Å². The summed E-state index contributed by atoms with van der Waals surface area (Å²) in [6.07, 6.45) is -4.44. The number of nitrogens with one attached hydrogen (secondary N) is 2. The Morgan fingerprint density at radius 2 is 1.61 bits per heavy atom. The molecule has 9 heteroatoms. The maximum Gasteiger partial charge on any atom is 0.416 e. The summed E-state index contributed by atoms with van der Waals surface area (Å²) in [6.45, 7) is 2.17. The number of amides is 2. The summed E-state index contributed by atoms with van der Waals surface area (Å²) < 4.78 is 37.6. The average Bonchev–Trinajstić information content (AvgIpc) is 2.65. The van der Waals surface area contributed by atoms with E-state index in [1.807, 2.05) is 0 Å². The maximum atomic E-state index is 12.5. The number of anilines is 1. The second-order valence-corrected chi connectivity index (χ2v) is 6.08. The normalized spacial score (nSPS) is 11.9. The second kappa shape index (κ2) is 10.1. The second-order valence-electron chi connectivity index (χ2n) is 6.08. The van der Waals surface area contributed by atoms with Crippen molar-refractivity contribution >= 4 is 29.9 Å². The van der Waals surface area contributed by atoms with Gasteiger partial charge in [-0.1, -0.05) is 19.1 Å². The predicted molar refractivity (Wildman–Crippen MR) is 103 cm³/mol. The Kier molecular flexibility index (Phi) is 8.46. The molecule has 0 fully saturated rings. The van der Waals surface area contributed by atoms with Crippen molar-refractivity contribution in [1.82, 2.24) is 5.32 Å². The first-order chi connectivity index (χ1) is 12.7. The Bertz CT molecular complexity index is 794. The summed E-state index contributed by atoms with van der Waals surface area (Å²) >= 11 is 0. The zero-order valence-electron chi connectivity index (χ0n) is 15.0. The van der Waals surface area contributed by atoms with Crippen LogP contribution in [0.2, 0.25) is 0 Å². The highest BCUT2D eigenvalue weighted by Crippen LogP contribution is 2.29. The van der Waals surface area contributed by atoms with Crippen LogP contribution < -0.4 is 16.4 Å². The SMILES string of the molecule is CC(CN)C(=O)Nc1ccc(CNC(=O)c2ccc(C(F)(F)F)cc2)cc1.Cl. The molecular formula is C19H21ClF3N3O2. The van der Waals surface area contributed by atoms with Gasteiger partial charge >= 0.3 is 6.18 Å². The number of rotatable bonds is 6. The van der Waals surface area contributed by atoms with E-state index in [-0.39, 0.29) is 42.9 Å². The van der Waals surface area contributed by atoms with Gasteiger partial charge in [0.05, 0.1) is 5.56 Å². The van der Waals surface area contributed by atoms with Crippen LogP contribution in [0.4, 0.5) is 18.9 Å². The third-order valence-corrected chi connectivity index (χ3v) is 3.95. The van der Waals surface area contributed by atoms with Crippen molar-refractivity contribution in [3.63, 3.8) is 0 Å². The molecule has 4 N–H and O–H groups in total. The van der Waals surface area contributed by atoms with Crippen LogP contribution in [0.15, 0.2) is 48.5 Å². The lowest BCUT2D eigenvalue weighted by Gasteiger charge is -2.11. The van der Waals surface area contributed by atoms with Crippen LogP contribution in [-0.2, 0) is 17.5 Å². The summed E-state index contributed by atoms with van der Waals surface area (Å²) in [7, 11) is 0. The van der Waals surface area contributed by atoms with Crippen LogP contribution in [0.1, 0.15) is 28.4 Å². The summed E-state index contributed by atoms with van der Waals surface area (Å²) in [5, 5.41) is 5.37. The zero-order valence-corrected chi connectivity index (χ0v) is 15.9. The van der Waals surface area contributed by atoms with Crippen LogP contribution in [0.5, 0.6) is 0 Å². The fraction of sp³-hybridized carbons (Fsp3) is 0.263. The Hall–Kier alpha value is -2.58. The lowest BCUT2D eigenvalue weighted by molar-refractivity contribution is -0.137. The number of halogens is 4. The van der Waals surface area contributed by atoms with Crippen LogP contribution in [0.25, 0.3) is 0 Å². The van der Waals surface area contributed by atoms with Crippen molar-refractivity contribution in [2.45, 2.75) is 19.6 Å². The Balaban J connectivity index is 0.00000392. The first-order valence-electron chi connectivity index (χ1n) is 8.26. The standard InChI is InChI=1S/C19H20F3N3O2.ClH/c1-12(10-23)17(26)25-16-8-2-13(3-9-16)11-24-18(27)14-4-6-15(7-5-14)19(20,21)22;/h2-9,12H,10-11,23H2,1H3,(H,24,27)(H,25,26);1H. The first kappa shape index (κ1) is 23.5. The minimum absolute atomic E-state index is 0. The van der Waals surface area contributed by atoms with Gasteiger partial charge in [0.25, 0.3) is 5.91 Å². The van der Waals surface area contributed by atoms with Gasteiger partial charge in [-0.25, -0.2) is 0 Å². The van der Waals surface area contributed by atoms with Crippen molar-refractivity contribution in [3.05, 3.63) is 65.2 Å². The lowest BCUT2D eigenvalue weighted by Crippen LogP contribution is -2.26. The number of alkyl halides is 3. The van der Waals surface area contributed by atoms with Gasteiger partial charge in [-0.2, -0.15) is 13.2 Å². The van der Waals surface area contributed by atoms with Gasteiger partial charge in [0.1, 0.15) is 0 Å². The van der Waals surface area contributed by atoms with E-state index in [2.05, 4.69) is 10.6 Å². The fourth-order valence-corrected chi connectivity index (χ4v) is 2.17. The molecule has 2 rings (SSSR count). The Morgan fingerprint density at radius 3 is 2.11 bits per heavy atom. The molecule has 0 aromatic heterocycles. The number of carbonyl (C=O) groups is 2. The molecule has 1 atom stereocenters. The number of hydrogen-bond donors (Lipinski definition) is 3. The van der Waals surface area contributed by atoms with Crippen molar-refractivity contribution in [3.8, 4) is 0 Å². The number of carbonyl (C=O) groups excluding carboxylic acids is 2. The average molecular weight is 416 g/mol. The molecule has 5 nitrogen and oxygen atoms in total. The van der Waals surface area contributed by atoms with Gasteiger partial charge in [-0.3, -0.25) is 9.59 Å². The Morgan fingerprint density at radius 1 is 1.04 bits per heavy atom. The van der Waals surface area contributed by atoms with Gasteiger partial charge in [0.2, 0.25) is 5.91 Å². The van der Waals surface area contributed by atoms with Gasteiger partial charge in [-0.05, 0) is 42.0 Å². The lowest BCUT2D eigenvalue weighted by atomic mass is 10.1. The van der Waals surface area contributed by atoms with E-state index < -0.39 is 17.6 Å². The van der Waals surface area contributed by atoms with Crippen molar-refractivity contribution in [2.75, 3.05) is 11.9 Å². The van der Waals surface area contributed by atoms with Gasteiger partial charge in [0, 0.05) is 30.3 Å². The number of benzene rings is 2. The van der Waals surface area contributed by atoms with Crippen LogP contribution in [-0.4, -0.2) is 18.4 Å². The molecule has 0 heterocycles. The highest BCUT2D eigenvalue weighted by atomic mass is 35.5. The quantitative estimate of drug-likeness (QED) is 0.674. The minimum Gasteiger partial charge on any atom is -0.348 e. The van der Waals surface area contributed by atoms with E-state index >= 15 is 0 Å². The molecule has 0 saturated heterocycles. The largest absolute Gasteiger partial charge is 0.416 e. The van der Waals surface area contributed by atoms with E-state index in [4.69, 9.17) is 5.73 Å². The van der Waals surface area contributed by atoms with Crippen molar-refractivity contribution in [2.24, 2.45) is 11.7 Å². The van der Waals surface area contributed by atoms with E-state index in [9.17, 15) is 22.8 Å². The third-order valence-electron chi connectivity index (χ3n) is 3.95. The van der Waals surface area contributed by atoms with E-state index in [1.54, 1.807) is 31.2 Å². The molecule has 0 aliphatic rings. The molecule has 2 amide bonds. The molecule has 1 unspecified atom stereocenters. The van der Waals surface area contributed by atoms with E-state index in [1.165, 1.54) is 0 Å². The number of nitrogens with two attached hydrogens (primary N) is 1. The summed E-state index contributed by atoms with van der Waals surface area (Å²) in [5.74, 6) is -0.952. The predicted octanol–water partition coefficient (Wildman–Crippen LogP) is 3.59.